The molecule has 0 saturated heterocycles. The standard InChI is InChI=1S/C13H17N5O2/c1-9-11(12(19)20-13(2,3)4)16-17-18(9)8-10-7-14-5-6-15-10/h5-7H,8H2,1-4H3. The van der Waals surface area contributed by atoms with Crippen LogP contribution in [-0.4, -0.2) is 36.5 Å². The second-order valence-corrected chi connectivity index (χ2v) is 5.38. The molecule has 0 aliphatic carbocycles. The van der Waals surface area contributed by atoms with Gasteiger partial charge >= 0.3 is 5.97 Å². The molecule has 0 amide bonds. The molecule has 2 heterocycles. The average molecular weight is 275 g/mol. The molecule has 0 aliphatic rings. The third kappa shape index (κ3) is 3.37. The molecule has 0 unspecified atom stereocenters. The predicted molar refractivity (Wildman–Crippen MR) is 71.1 cm³/mol. The first-order valence-electron chi connectivity index (χ1n) is 6.25. The molecule has 2 rings (SSSR count). The van der Waals surface area contributed by atoms with E-state index >= 15 is 0 Å². The van der Waals surface area contributed by atoms with Gasteiger partial charge in [-0.05, 0) is 27.7 Å². The van der Waals surface area contributed by atoms with Gasteiger partial charge in [-0.15, -0.1) is 5.10 Å². The smallest absolute Gasteiger partial charge is 0.361 e. The summed E-state index contributed by atoms with van der Waals surface area (Å²) in [4.78, 5) is 20.1. The monoisotopic (exact) mass is 275 g/mol. The molecule has 2 aromatic heterocycles. The summed E-state index contributed by atoms with van der Waals surface area (Å²) in [5, 5.41) is 7.85. The van der Waals surface area contributed by atoms with Gasteiger partial charge < -0.3 is 4.74 Å². The fourth-order valence-corrected chi connectivity index (χ4v) is 1.59. The molecule has 0 saturated carbocycles. The number of ether oxygens (including phenoxy) is 1. The summed E-state index contributed by atoms with van der Waals surface area (Å²) < 4.78 is 6.89. The number of rotatable bonds is 3. The van der Waals surface area contributed by atoms with Crippen LogP contribution in [0.25, 0.3) is 0 Å². The molecule has 0 fully saturated rings. The lowest BCUT2D eigenvalue weighted by molar-refractivity contribution is 0.00619. The van der Waals surface area contributed by atoms with Crippen LogP contribution in [0, 0.1) is 6.92 Å². The zero-order valence-electron chi connectivity index (χ0n) is 12.0. The minimum absolute atomic E-state index is 0.226. The Bertz CT molecular complexity index is 601. The van der Waals surface area contributed by atoms with E-state index < -0.39 is 11.6 Å². The van der Waals surface area contributed by atoms with Crippen molar-refractivity contribution < 1.29 is 9.53 Å². The van der Waals surface area contributed by atoms with E-state index in [2.05, 4.69) is 20.3 Å². The Kier molecular flexibility index (Phi) is 3.78. The number of hydrogen-bond donors (Lipinski definition) is 0. The zero-order chi connectivity index (χ0) is 14.8. The van der Waals surface area contributed by atoms with E-state index in [9.17, 15) is 4.79 Å². The lowest BCUT2D eigenvalue weighted by atomic mass is 10.2. The van der Waals surface area contributed by atoms with Gasteiger partial charge in [-0.2, -0.15) is 0 Å². The van der Waals surface area contributed by atoms with Crippen molar-refractivity contribution in [1.29, 1.82) is 0 Å². The highest BCUT2D eigenvalue weighted by Gasteiger charge is 2.23. The molecule has 7 nitrogen and oxygen atoms in total. The van der Waals surface area contributed by atoms with Crippen molar-refractivity contribution >= 4 is 5.97 Å². The van der Waals surface area contributed by atoms with Crippen LogP contribution in [0.3, 0.4) is 0 Å². The first kappa shape index (κ1) is 14.1. The number of carbonyl (C=O) groups is 1. The lowest BCUT2D eigenvalue weighted by Crippen LogP contribution is -2.24. The zero-order valence-corrected chi connectivity index (χ0v) is 12.0. The van der Waals surface area contributed by atoms with Gasteiger partial charge in [0.05, 0.1) is 24.1 Å². The van der Waals surface area contributed by atoms with Crippen LogP contribution < -0.4 is 0 Å². The molecule has 0 atom stereocenters. The number of aromatic nitrogens is 5. The maximum atomic E-state index is 12.0. The molecule has 0 aromatic carbocycles. The van der Waals surface area contributed by atoms with Gasteiger partial charge in [-0.1, -0.05) is 5.21 Å². The third-order valence-electron chi connectivity index (χ3n) is 2.50. The van der Waals surface area contributed by atoms with Crippen LogP contribution in [0.4, 0.5) is 0 Å². The first-order chi connectivity index (χ1) is 9.37. The van der Waals surface area contributed by atoms with Gasteiger partial charge in [0.1, 0.15) is 5.60 Å². The highest BCUT2D eigenvalue weighted by molar-refractivity contribution is 5.88. The van der Waals surface area contributed by atoms with Crippen molar-refractivity contribution in [2.45, 2.75) is 39.8 Å². The molecule has 0 N–H and O–H groups in total. The van der Waals surface area contributed by atoms with Crippen molar-refractivity contribution in [2.75, 3.05) is 0 Å². The highest BCUT2D eigenvalue weighted by atomic mass is 16.6. The molecule has 0 bridgehead atoms. The Morgan fingerprint density at radius 3 is 2.70 bits per heavy atom. The van der Waals surface area contributed by atoms with Gasteiger partial charge in [0.2, 0.25) is 0 Å². The fraction of sp³-hybridized carbons (Fsp3) is 0.462. The van der Waals surface area contributed by atoms with Gasteiger partial charge in [0.25, 0.3) is 0 Å². The van der Waals surface area contributed by atoms with Crippen molar-refractivity contribution in [2.24, 2.45) is 0 Å². The highest BCUT2D eigenvalue weighted by Crippen LogP contribution is 2.13. The minimum atomic E-state index is -0.557. The normalized spacial score (nSPS) is 11.4. The lowest BCUT2D eigenvalue weighted by Gasteiger charge is -2.18. The van der Waals surface area contributed by atoms with Crippen LogP contribution in [0.1, 0.15) is 42.6 Å². The van der Waals surface area contributed by atoms with E-state index in [1.54, 1.807) is 30.2 Å². The molecule has 0 spiro atoms. The van der Waals surface area contributed by atoms with E-state index in [1.165, 1.54) is 0 Å². The quantitative estimate of drug-likeness (QED) is 0.787. The summed E-state index contributed by atoms with van der Waals surface area (Å²) in [5.41, 5.74) is 1.06. The summed E-state index contributed by atoms with van der Waals surface area (Å²) >= 11 is 0. The Hall–Kier alpha value is -2.31. The molecule has 7 heteroatoms. The molecule has 106 valence electrons. The third-order valence-corrected chi connectivity index (χ3v) is 2.50. The number of hydrogen-bond acceptors (Lipinski definition) is 6. The number of carbonyl (C=O) groups excluding carboxylic acids is 1. The second kappa shape index (κ2) is 5.36. The summed E-state index contributed by atoms with van der Waals surface area (Å²) in [6, 6.07) is 0. The van der Waals surface area contributed by atoms with Crippen LogP contribution in [-0.2, 0) is 11.3 Å². The van der Waals surface area contributed by atoms with Gasteiger partial charge in [0.15, 0.2) is 5.69 Å². The molecule has 2 aromatic rings. The Morgan fingerprint density at radius 2 is 2.10 bits per heavy atom. The van der Waals surface area contributed by atoms with Gasteiger partial charge in [-0.25, -0.2) is 9.48 Å². The molecule has 20 heavy (non-hydrogen) atoms. The Balaban J connectivity index is 2.17. The maximum Gasteiger partial charge on any atom is 0.361 e. The van der Waals surface area contributed by atoms with Crippen molar-refractivity contribution in [3.8, 4) is 0 Å². The Labute approximate surface area is 117 Å². The Morgan fingerprint density at radius 1 is 1.35 bits per heavy atom. The average Bonchev–Trinajstić information content (AvgIpc) is 2.70. The largest absolute Gasteiger partial charge is 0.455 e. The fourth-order valence-electron chi connectivity index (χ4n) is 1.59. The summed E-state index contributed by atoms with van der Waals surface area (Å²) in [7, 11) is 0. The van der Waals surface area contributed by atoms with Gasteiger partial charge in [0, 0.05) is 12.4 Å². The van der Waals surface area contributed by atoms with Crippen molar-refractivity contribution in [3.63, 3.8) is 0 Å². The molecule has 0 aliphatic heterocycles. The SMILES string of the molecule is Cc1c(C(=O)OC(C)(C)C)nnn1Cc1cnccn1. The van der Waals surface area contributed by atoms with E-state index in [4.69, 9.17) is 4.74 Å². The van der Waals surface area contributed by atoms with Crippen LogP contribution >= 0.6 is 0 Å². The van der Waals surface area contributed by atoms with Crippen LogP contribution in [0.5, 0.6) is 0 Å². The van der Waals surface area contributed by atoms with Crippen LogP contribution in [0.15, 0.2) is 18.6 Å². The van der Waals surface area contributed by atoms with Crippen LogP contribution in [0.2, 0.25) is 0 Å². The summed E-state index contributed by atoms with van der Waals surface area (Å²) in [5.74, 6) is -0.472. The molecule has 0 radical (unpaired) electrons. The summed E-state index contributed by atoms with van der Waals surface area (Å²) in [6.45, 7) is 7.61. The molecular weight excluding hydrogens is 258 g/mol. The topological polar surface area (TPSA) is 82.8 Å². The second-order valence-electron chi connectivity index (χ2n) is 5.38. The molecular formula is C13H17N5O2. The van der Waals surface area contributed by atoms with Crippen molar-refractivity contribution in [3.05, 3.63) is 35.7 Å². The van der Waals surface area contributed by atoms with E-state index in [0.717, 1.165) is 5.69 Å². The van der Waals surface area contributed by atoms with E-state index in [-0.39, 0.29) is 5.69 Å². The summed E-state index contributed by atoms with van der Waals surface area (Å²) in [6.07, 6.45) is 4.86. The number of nitrogens with zero attached hydrogens (tertiary/aromatic N) is 5. The maximum absolute atomic E-state index is 12.0. The number of esters is 1. The van der Waals surface area contributed by atoms with Gasteiger partial charge in [-0.3, -0.25) is 9.97 Å². The van der Waals surface area contributed by atoms with Crippen molar-refractivity contribution in [1.82, 2.24) is 25.0 Å². The minimum Gasteiger partial charge on any atom is -0.455 e. The predicted octanol–water partition coefficient (Wildman–Crippen LogP) is 1.38. The first-order valence-corrected chi connectivity index (χ1v) is 6.25. The van der Waals surface area contributed by atoms with E-state index in [1.807, 2.05) is 20.8 Å². The van der Waals surface area contributed by atoms with E-state index in [0.29, 0.717) is 12.2 Å².